The van der Waals surface area contributed by atoms with Crippen LogP contribution in [0.3, 0.4) is 0 Å². The monoisotopic (exact) mass is 519 g/mol. The highest BCUT2D eigenvalue weighted by Gasteiger charge is 2.24. The van der Waals surface area contributed by atoms with Gasteiger partial charge in [-0.3, -0.25) is 4.79 Å². The molecule has 11 heteroatoms. The standard InChI is InChI=1S/C26H26ClN7O3/c1-3-24(36)30-23-12-19(37-2)7-9-22(23)31-25-20(27)14-29-26(33-25)32-21-8-6-17(11-16(21)13-28)34-10-4-5-18(34)15-35/h3,6-9,11-12,14,18,35H,1,4-5,10,15H2,2H3,(H,30,36)(H2,29,31,32,33). The van der Waals surface area contributed by atoms with Crippen LogP contribution < -0.4 is 25.6 Å². The number of aromatic nitrogens is 2. The molecule has 1 aliphatic heterocycles. The predicted molar refractivity (Wildman–Crippen MR) is 144 cm³/mol. The van der Waals surface area contributed by atoms with Crippen molar-refractivity contribution in [2.75, 3.05) is 41.1 Å². The van der Waals surface area contributed by atoms with Crippen LogP contribution in [0.15, 0.2) is 55.3 Å². The van der Waals surface area contributed by atoms with Gasteiger partial charge >= 0.3 is 0 Å². The van der Waals surface area contributed by atoms with Gasteiger partial charge in [-0.2, -0.15) is 10.2 Å². The molecule has 3 aromatic rings. The Balaban J connectivity index is 1.59. The largest absolute Gasteiger partial charge is 0.497 e. The first-order chi connectivity index (χ1) is 17.9. The number of methoxy groups -OCH3 is 1. The fourth-order valence-corrected chi connectivity index (χ4v) is 4.23. The van der Waals surface area contributed by atoms with Crippen LogP contribution in [0.4, 0.5) is 34.5 Å². The lowest BCUT2D eigenvalue weighted by Gasteiger charge is -2.25. The molecule has 0 bridgehead atoms. The summed E-state index contributed by atoms with van der Waals surface area (Å²) < 4.78 is 5.25. The lowest BCUT2D eigenvalue weighted by Crippen LogP contribution is -2.32. The molecule has 1 atom stereocenters. The minimum absolute atomic E-state index is 0.0534. The van der Waals surface area contributed by atoms with Crippen molar-refractivity contribution >= 4 is 52.0 Å². The Labute approximate surface area is 219 Å². The Hall–Kier alpha value is -4.33. The summed E-state index contributed by atoms with van der Waals surface area (Å²) >= 11 is 6.35. The first kappa shape index (κ1) is 25.8. The molecule has 0 radical (unpaired) electrons. The molecule has 2 aromatic carbocycles. The molecule has 4 rings (SSSR count). The average molecular weight is 520 g/mol. The van der Waals surface area contributed by atoms with Crippen molar-refractivity contribution in [1.82, 2.24) is 9.97 Å². The van der Waals surface area contributed by atoms with Crippen LogP contribution in [0.1, 0.15) is 18.4 Å². The number of ether oxygens (including phenoxy) is 1. The molecule has 0 aliphatic carbocycles. The highest BCUT2D eigenvalue weighted by molar-refractivity contribution is 6.33. The molecular weight excluding hydrogens is 494 g/mol. The van der Waals surface area contributed by atoms with Crippen LogP contribution in [-0.4, -0.2) is 47.3 Å². The number of aliphatic hydroxyl groups excluding tert-OH is 1. The van der Waals surface area contributed by atoms with Gasteiger partial charge in [-0.05, 0) is 49.2 Å². The van der Waals surface area contributed by atoms with Gasteiger partial charge in [0.2, 0.25) is 11.9 Å². The number of rotatable bonds is 9. The molecule has 1 saturated heterocycles. The molecule has 1 unspecified atom stereocenters. The van der Waals surface area contributed by atoms with E-state index in [1.165, 1.54) is 13.3 Å². The molecule has 1 aliphatic rings. The average Bonchev–Trinajstić information content (AvgIpc) is 3.40. The third-order valence-corrected chi connectivity index (χ3v) is 6.23. The van der Waals surface area contributed by atoms with E-state index in [1.54, 1.807) is 30.3 Å². The molecule has 1 amide bonds. The SMILES string of the molecule is C=CC(=O)Nc1cc(OC)ccc1Nc1nc(Nc2ccc(N3CCCC3CO)cc2C#N)ncc1Cl. The summed E-state index contributed by atoms with van der Waals surface area (Å²) in [6.45, 7) is 4.38. The molecule has 1 aromatic heterocycles. The Kier molecular flexibility index (Phi) is 8.08. The summed E-state index contributed by atoms with van der Waals surface area (Å²) in [6.07, 6.45) is 4.50. The fourth-order valence-electron chi connectivity index (χ4n) is 4.09. The van der Waals surface area contributed by atoms with Gasteiger partial charge in [0.25, 0.3) is 0 Å². The number of benzene rings is 2. The molecule has 37 heavy (non-hydrogen) atoms. The highest BCUT2D eigenvalue weighted by Crippen LogP contribution is 2.33. The van der Waals surface area contributed by atoms with Crippen molar-refractivity contribution in [3.63, 3.8) is 0 Å². The highest BCUT2D eigenvalue weighted by atomic mass is 35.5. The number of anilines is 6. The van der Waals surface area contributed by atoms with Gasteiger partial charge in [0.1, 0.15) is 16.8 Å². The minimum atomic E-state index is -0.390. The second kappa shape index (κ2) is 11.6. The smallest absolute Gasteiger partial charge is 0.247 e. The minimum Gasteiger partial charge on any atom is -0.497 e. The maximum absolute atomic E-state index is 11.9. The van der Waals surface area contributed by atoms with Crippen LogP contribution in [0.5, 0.6) is 5.75 Å². The van der Waals surface area contributed by atoms with E-state index in [9.17, 15) is 15.2 Å². The van der Waals surface area contributed by atoms with E-state index in [4.69, 9.17) is 16.3 Å². The van der Waals surface area contributed by atoms with E-state index in [2.05, 4.69) is 43.5 Å². The fraction of sp³-hybridized carbons (Fsp3) is 0.231. The summed E-state index contributed by atoms with van der Waals surface area (Å²) in [7, 11) is 1.53. The van der Waals surface area contributed by atoms with Crippen LogP contribution in [0.25, 0.3) is 0 Å². The Morgan fingerprint density at radius 2 is 2.11 bits per heavy atom. The van der Waals surface area contributed by atoms with E-state index < -0.39 is 0 Å². The first-order valence-corrected chi connectivity index (χ1v) is 11.9. The Morgan fingerprint density at radius 1 is 1.30 bits per heavy atom. The number of nitrogens with zero attached hydrogens (tertiary/aromatic N) is 4. The van der Waals surface area contributed by atoms with Crippen molar-refractivity contribution in [2.45, 2.75) is 18.9 Å². The van der Waals surface area contributed by atoms with E-state index in [1.807, 2.05) is 6.07 Å². The zero-order valence-corrected chi connectivity index (χ0v) is 20.9. The lowest BCUT2D eigenvalue weighted by atomic mass is 10.1. The summed E-state index contributed by atoms with van der Waals surface area (Å²) in [5.41, 5.74) is 2.79. The van der Waals surface area contributed by atoms with E-state index in [0.717, 1.165) is 31.1 Å². The zero-order chi connectivity index (χ0) is 26.4. The number of nitriles is 1. The molecule has 0 saturated carbocycles. The second-order valence-electron chi connectivity index (χ2n) is 8.26. The van der Waals surface area contributed by atoms with Gasteiger partial charge in [0, 0.05) is 18.3 Å². The van der Waals surface area contributed by atoms with Crippen molar-refractivity contribution in [3.05, 3.63) is 65.8 Å². The van der Waals surface area contributed by atoms with Gasteiger partial charge in [-0.1, -0.05) is 18.2 Å². The van der Waals surface area contributed by atoms with Gasteiger partial charge in [-0.15, -0.1) is 0 Å². The zero-order valence-electron chi connectivity index (χ0n) is 20.2. The van der Waals surface area contributed by atoms with E-state index in [0.29, 0.717) is 28.4 Å². The van der Waals surface area contributed by atoms with E-state index in [-0.39, 0.29) is 35.3 Å². The Bertz CT molecular complexity index is 1360. The summed E-state index contributed by atoms with van der Waals surface area (Å²) in [6, 6.07) is 12.8. The molecule has 190 valence electrons. The van der Waals surface area contributed by atoms with Crippen LogP contribution in [-0.2, 0) is 4.79 Å². The number of carbonyl (C=O) groups excluding carboxylic acids is 1. The molecule has 1 fully saturated rings. The molecule has 10 nitrogen and oxygen atoms in total. The van der Waals surface area contributed by atoms with Crippen molar-refractivity contribution < 1.29 is 14.6 Å². The van der Waals surface area contributed by atoms with Gasteiger partial charge < -0.3 is 30.7 Å². The summed E-state index contributed by atoms with van der Waals surface area (Å²) in [5, 5.41) is 28.6. The number of aliphatic hydroxyl groups is 1. The molecule has 2 heterocycles. The lowest BCUT2D eigenvalue weighted by molar-refractivity contribution is -0.111. The second-order valence-corrected chi connectivity index (χ2v) is 8.67. The maximum Gasteiger partial charge on any atom is 0.247 e. The van der Waals surface area contributed by atoms with Crippen LogP contribution in [0, 0.1) is 11.3 Å². The van der Waals surface area contributed by atoms with Gasteiger partial charge in [0.05, 0.1) is 48.6 Å². The summed E-state index contributed by atoms with van der Waals surface area (Å²) in [5.74, 6) is 0.666. The number of hydrogen-bond acceptors (Lipinski definition) is 9. The third-order valence-electron chi connectivity index (χ3n) is 5.96. The normalized spacial score (nSPS) is 14.5. The number of nitrogens with one attached hydrogen (secondary N) is 3. The molecule has 0 spiro atoms. The van der Waals surface area contributed by atoms with E-state index >= 15 is 0 Å². The number of amides is 1. The number of halogens is 1. The van der Waals surface area contributed by atoms with Gasteiger partial charge in [-0.25, -0.2) is 4.98 Å². The molecular formula is C26H26ClN7O3. The maximum atomic E-state index is 11.9. The van der Waals surface area contributed by atoms with Crippen LogP contribution in [0.2, 0.25) is 5.02 Å². The topological polar surface area (TPSA) is 135 Å². The number of hydrogen-bond donors (Lipinski definition) is 4. The summed E-state index contributed by atoms with van der Waals surface area (Å²) in [4.78, 5) is 22.7. The number of carbonyl (C=O) groups is 1. The van der Waals surface area contributed by atoms with Gasteiger partial charge in [0.15, 0.2) is 5.82 Å². The Morgan fingerprint density at radius 3 is 2.84 bits per heavy atom. The third kappa shape index (κ3) is 5.91. The predicted octanol–water partition coefficient (Wildman–Crippen LogP) is 4.58. The first-order valence-electron chi connectivity index (χ1n) is 11.6. The van der Waals surface area contributed by atoms with Crippen molar-refractivity contribution in [2.24, 2.45) is 0 Å². The van der Waals surface area contributed by atoms with Crippen LogP contribution >= 0.6 is 11.6 Å². The quantitative estimate of drug-likeness (QED) is 0.299. The van der Waals surface area contributed by atoms with Crippen molar-refractivity contribution in [3.8, 4) is 11.8 Å². The van der Waals surface area contributed by atoms with Crippen molar-refractivity contribution in [1.29, 1.82) is 5.26 Å². The molecule has 4 N–H and O–H groups in total.